The fraction of sp³-hybridized carbons (Fsp3) is 0.250. The van der Waals surface area contributed by atoms with Crippen molar-refractivity contribution in [2.45, 2.75) is 12.8 Å². The van der Waals surface area contributed by atoms with Crippen molar-refractivity contribution in [1.29, 1.82) is 0 Å². The minimum Gasteiger partial charge on any atom is -0.352 e. The molecule has 2 aromatic carbocycles. The van der Waals surface area contributed by atoms with E-state index in [0.29, 0.717) is 34.8 Å². The highest BCUT2D eigenvalue weighted by molar-refractivity contribution is 6.30. The molecular weight excluding hydrogens is 366 g/mol. The largest absolute Gasteiger partial charge is 0.352 e. The Morgan fingerprint density at radius 2 is 1.52 bits per heavy atom. The molecule has 0 atom stereocenters. The molecule has 2 rings (SSSR count). The van der Waals surface area contributed by atoms with E-state index < -0.39 is 0 Å². The molecule has 0 aromatic heterocycles. The zero-order chi connectivity index (χ0) is 19.8. The first-order chi connectivity index (χ1) is 12.9. The lowest BCUT2D eigenvalue weighted by atomic mass is 10.2. The lowest BCUT2D eigenvalue weighted by Crippen LogP contribution is -2.25. The van der Waals surface area contributed by atoms with Crippen molar-refractivity contribution in [3.05, 3.63) is 64.7 Å². The van der Waals surface area contributed by atoms with Crippen LogP contribution in [0.3, 0.4) is 0 Å². The summed E-state index contributed by atoms with van der Waals surface area (Å²) in [6.07, 6.45) is 0.793. The van der Waals surface area contributed by atoms with E-state index in [1.165, 1.54) is 4.90 Å². The molecule has 0 aliphatic heterocycles. The van der Waals surface area contributed by atoms with Gasteiger partial charge in [0.05, 0.1) is 0 Å². The van der Waals surface area contributed by atoms with Crippen molar-refractivity contribution in [3.63, 3.8) is 0 Å². The second kappa shape index (κ2) is 9.73. The van der Waals surface area contributed by atoms with Crippen molar-refractivity contribution in [2.24, 2.45) is 0 Å². The van der Waals surface area contributed by atoms with E-state index in [0.717, 1.165) is 0 Å². The minimum atomic E-state index is -0.201. The van der Waals surface area contributed by atoms with Crippen LogP contribution in [-0.2, 0) is 4.79 Å². The van der Waals surface area contributed by atoms with Gasteiger partial charge in [0, 0.05) is 48.9 Å². The van der Waals surface area contributed by atoms with Crippen LogP contribution in [0.2, 0.25) is 5.02 Å². The van der Waals surface area contributed by atoms with Gasteiger partial charge < -0.3 is 15.5 Å². The molecule has 0 heterocycles. The van der Waals surface area contributed by atoms with Crippen LogP contribution in [0.4, 0.5) is 5.69 Å². The number of benzene rings is 2. The molecule has 7 heteroatoms. The van der Waals surface area contributed by atoms with Crippen molar-refractivity contribution in [1.82, 2.24) is 10.2 Å². The van der Waals surface area contributed by atoms with E-state index in [-0.39, 0.29) is 24.1 Å². The number of anilines is 1. The molecule has 3 amide bonds. The summed E-state index contributed by atoms with van der Waals surface area (Å²) in [6, 6.07) is 13.3. The van der Waals surface area contributed by atoms with Crippen molar-refractivity contribution < 1.29 is 14.4 Å². The first-order valence-corrected chi connectivity index (χ1v) is 8.90. The highest BCUT2D eigenvalue weighted by Crippen LogP contribution is 2.12. The number of carbonyl (C=O) groups excluding carboxylic acids is 3. The van der Waals surface area contributed by atoms with E-state index in [2.05, 4.69) is 10.6 Å². The average Bonchev–Trinajstić information content (AvgIpc) is 2.65. The molecule has 0 radical (unpaired) electrons. The van der Waals surface area contributed by atoms with E-state index in [4.69, 9.17) is 11.6 Å². The summed E-state index contributed by atoms with van der Waals surface area (Å²) < 4.78 is 0. The Labute approximate surface area is 163 Å². The fourth-order valence-electron chi connectivity index (χ4n) is 2.33. The third kappa shape index (κ3) is 6.42. The van der Waals surface area contributed by atoms with Crippen LogP contribution in [0, 0.1) is 0 Å². The van der Waals surface area contributed by atoms with Gasteiger partial charge in [-0.3, -0.25) is 14.4 Å². The van der Waals surface area contributed by atoms with Crippen LogP contribution in [0.5, 0.6) is 0 Å². The van der Waals surface area contributed by atoms with E-state index in [9.17, 15) is 14.4 Å². The third-order valence-electron chi connectivity index (χ3n) is 3.79. The Kier molecular flexibility index (Phi) is 7.37. The van der Waals surface area contributed by atoms with E-state index in [1.807, 2.05) is 0 Å². The molecule has 0 fully saturated rings. The summed E-state index contributed by atoms with van der Waals surface area (Å²) >= 11 is 5.79. The highest BCUT2D eigenvalue weighted by Gasteiger charge is 2.09. The van der Waals surface area contributed by atoms with Gasteiger partial charge in [0.25, 0.3) is 11.8 Å². The van der Waals surface area contributed by atoms with Crippen molar-refractivity contribution in [2.75, 3.05) is 26.0 Å². The van der Waals surface area contributed by atoms with Crippen LogP contribution in [-0.4, -0.2) is 43.3 Å². The maximum absolute atomic E-state index is 12.0. The molecule has 0 unspecified atom stereocenters. The van der Waals surface area contributed by atoms with Gasteiger partial charge in [0.2, 0.25) is 5.91 Å². The molecular formula is C20H22ClN3O3. The second-order valence-corrected chi connectivity index (χ2v) is 6.63. The smallest absolute Gasteiger partial charge is 0.253 e. The second-order valence-electron chi connectivity index (χ2n) is 6.19. The minimum absolute atomic E-state index is 0.0932. The van der Waals surface area contributed by atoms with Crippen LogP contribution >= 0.6 is 11.6 Å². The standard InChI is InChI=1S/C20H22ClN3O3/c1-24(2)20(27)15-7-11-17(12-8-15)23-18(25)4-3-13-22-19(26)14-5-9-16(21)10-6-14/h5-12H,3-4,13H2,1-2H3,(H,22,26)(H,23,25). The number of carbonyl (C=O) groups is 3. The number of nitrogens with zero attached hydrogens (tertiary/aromatic N) is 1. The molecule has 2 aromatic rings. The summed E-state index contributed by atoms with van der Waals surface area (Å²) in [7, 11) is 3.37. The van der Waals surface area contributed by atoms with Crippen LogP contribution in [0.25, 0.3) is 0 Å². The number of hydrogen-bond acceptors (Lipinski definition) is 3. The van der Waals surface area contributed by atoms with E-state index in [1.54, 1.807) is 62.6 Å². The third-order valence-corrected chi connectivity index (χ3v) is 4.05. The summed E-state index contributed by atoms with van der Waals surface area (Å²) in [5, 5.41) is 6.11. The maximum Gasteiger partial charge on any atom is 0.253 e. The molecule has 0 aliphatic rings. The van der Waals surface area contributed by atoms with Gasteiger partial charge in [0.1, 0.15) is 0 Å². The Morgan fingerprint density at radius 3 is 2.11 bits per heavy atom. The lowest BCUT2D eigenvalue weighted by Gasteiger charge is -2.11. The molecule has 0 spiro atoms. The first-order valence-electron chi connectivity index (χ1n) is 8.52. The molecule has 0 aliphatic carbocycles. The Hall–Kier alpha value is -2.86. The number of hydrogen-bond donors (Lipinski definition) is 2. The van der Waals surface area contributed by atoms with Gasteiger partial charge in [0.15, 0.2) is 0 Å². The monoisotopic (exact) mass is 387 g/mol. The normalized spacial score (nSPS) is 10.2. The van der Waals surface area contributed by atoms with Gasteiger partial charge in [-0.1, -0.05) is 11.6 Å². The Balaban J connectivity index is 1.72. The number of rotatable bonds is 7. The van der Waals surface area contributed by atoms with Crippen LogP contribution < -0.4 is 10.6 Å². The summed E-state index contributed by atoms with van der Waals surface area (Å²) in [5.41, 5.74) is 1.71. The van der Waals surface area contributed by atoms with Gasteiger partial charge in [-0.15, -0.1) is 0 Å². The quantitative estimate of drug-likeness (QED) is 0.716. The molecule has 6 nitrogen and oxygen atoms in total. The maximum atomic E-state index is 12.0. The first kappa shape index (κ1) is 20.5. The number of amides is 3. The van der Waals surface area contributed by atoms with Gasteiger partial charge in [-0.05, 0) is 55.0 Å². The van der Waals surface area contributed by atoms with Crippen LogP contribution in [0.1, 0.15) is 33.6 Å². The lowest BCUT2D eigenvalue weighted by molar-refractivity contribution is -0.116. The Bertz CT molecular complexity index is 802. The molecule has 142 valence electrons. The number of nitrogens with one attached hydrogen (secondary N) is 2. The average molecular weight is 388 g/mol. The fourth-order valence-corrected chi connectivity index (χ4v) is 2.46. The zero-order valence-corrected chi connectivity index (χ0v) is 16.0. The molecule has 0 saturated heterocycles. The van der Waals surface area contributed by atoms with Gasteiger partial charge >= 0.3 is 0 Å². The summed E-state index contributed by atoms with van der Waals surface area (Å²) in [6.45, 7) is 0.394. The molecule has 0 saturated carbocycles. The van der Waals surface area contributed by atoms with Crippen LogP contribution in [0.15, 0.2) is 48.5 Å². The predicted octanol–water partition coefficient (Wildman–Crippen LogP) is 3.19. The highest BCUT2D eigenvalue weighted by atomic mass is 35.5. The molecule has 0 bridgehead atoms. The number of halogens is 1. The summed E-state index contributed by atoms with van der Waals surface area (Å²) in [5.74, 6) is -0.444. The Morgan fingerprint density at radius 1 is 0.926 bits per heavy atom. The SMILES string of the molecule is CN(C)C(=O)c1ccc(NC(=O)CCCNC(=O)c2ccc(Cl)cc2)cc1. The topological polar surface area (TPSA) is 78.5 Å². The van der Waals surface area contributed by atoms with E-state index >= 15 is 0 Å². The molecule has 27 heavy (non-hydrogen) atoms. The summed E-state index contributed by atoms with van der Waals surface area (Å²) in [4.78, 5) is 37.2. The zero-order valence-electron chi connectivity index (χ0n) is 15.3. The van der Waals surface area contributed by atoms with Gasteiger partial charge in [-0.25, -0.2) is 0 Å². The predicted molar refractivity (Wildman–Crippen MR) is 106 cm³/mol. The van der Waals surface area contributed by atoms with Crippen molar-refractivity contribution >= 4 is 35.0 Å². The van der Waals surface area contributed by atoms with Crippen molar-refractivity contribution in [3.8, 4) is 0 Å². The van der Waals surface area contributed by atoms with Gasteiger partial charge in [-0.2, -0.15) is 0 Å². The molecule has 2 N–H and O–H groups in total.